The molecule has 0 radical (unpaired) electrons. The summed E-state index contributed by atoms with van der Waals surface area (Å²) in [7, 11) is 0. The third-order valence-corrected chi connectivity index (χ3v) is 4.76. The molecule has 5 heteroatoms. The number of aliphatic hydroxyl groups excluding tert-OH is 1. The van der Waals surface area contributed by atoms with Crippen LogP contribution in [0.15, 0.2) is 18.2 Å². The minimum atomic E-state index is -0.293. The van der Waals surface area contributed by atoms with Crippen molar-refractivity contribution in [1.82, 2.24) is 15.1 Å². The van der Waals surface area contributed by atoms with E-state index < -0.39 is 0 Å². The average Bonchev–Trinajstić information content (AvgIpc) is 2.51. The molecule has 2 N–H and O–H groups in total. The Bertz CT molecular complexity index is 552. The third-order valence-electron chi connectivity index (χ3n) is 4.76. The quantitative estimate of drug-likeness (QED) is 0.828. The smallest absolute Gasteiger partial charge is 0.234 e. The van der Waals surface area contributed by atoms with Gasteiger partial charge >= 0.3 is 0 Å². The highest BCUT2D eigenvalue weighted by molar-refractivity contribution is 5.78. The Labute approximate surface area is 145 Å². The van der Waals surface area contributed by atoms with E-state index in [4.69, 9.17) is 0 Å². The number of amides is 1. The van der Waals surface area contributed by atoms with Crippen LogP contribution in [0.1, 0.15) is 36.6 Å². The van der Waals surface area contributed by atoms with Gasteiger partial charge in [-0.2, -0.15) is 0 Å². The van der Waals surface area contributed by atoms with Gasteiger partial charge in [-0.3, -0.25) is 14.6 Å². The van der Waals surface area contributed by atoms with Crippen LogP contribution in [0.4, 0.5) is 0 Å². The molecule has 1 saturated heterocycles. The molecular formula is C19H31N3O2. The predicted molar refractivity (Wildman–Crippen MR) is 97.0 cm³/mol. The Morgan fingerprint density at radius 3 is 2.33 bits per heavy atom. The van der Waals surface area contributed by atoms with E-state index in [0.717, 1.165) is 31.7 Å². The lowest BCUT2D eigenvalue weighted by Crippen LogP contribution is -2.50. The summed E-state index contributed by atoms with van der Waals surface area (Å²) in [6, 6.07) is 6.36. The standard InChI is InChI=1S/C19H31N3O2/c1-14-5-6-18(11-15(14)2)17(4)20-19(24)13-22-9-7-21(8-10-22)12-16(3)23/h5-6,11,16-17,23H,7-10,12-13H2,1-4H3,(H,20,24). The van der Waals surface area contributed by atoms with Gasteiger partial charge in [0.25, 0.3) is 0 Å². The number of nitrogens with one attached hydrogen (secondary N) is 1. The lowest BCUT2D eigenvalue weighted by molar-refractivity contribution is -0.123. The van der Waals surface area contributed by atoms with Gasteiger partial charge in [0.15, 0.2) is 0 Å². The molecule has 0 spiro atoms. The van der Waals surface area contributed by atoms with Crippen LogP contribution >= 0.6 is 0 Å². The van der Waals surface area contributed by atoms with E-state index in [1.807, 2.05) is 13.8 Å². The summed E-state index contributed by atoms with van der Waals surface area (Å²) in [6.45, 7) is 12.8. The largest absolute Gasteiger partial charge is 0.392 e. The van der Waals surface area contributed by atoms with Crippen molar-refractivity contribution in [1.29, 1.82) is 0 Å². The van der Waals surface area contributed by atoms with Crippen LogP contribution < -0.4 is 5.32 Å². The van der Waals surface area contributed by atoms with Gasteiger partial charge in [0.1, 0.15) is 0 Å². The second-order valence-electron chi connectivity index (χ2n) is 7.06. The zero-order chi connectivity index (χ0) is 17.7. The minimum absolute atomic E-state index is 0.0216. The van der Waals surface area contributed by atoms with Crippen molar-refractivity contribution >= 4 is 5.91 Å². The van der Waals surface area contributed by atoms with Crippen LogP contribution in [0.2, 0.25) is 0 Å². The maximum atomic E-state index is 12.3. The summed E-state index contributed by atoms with van der Waals surface area (Å²) in [5.74, 6) is 0.0738. The number of piperazine rings is 1. The summed E-state index contributed by atoms with van der Waals surface area (Å²) in [4.78, 5) is 16.7. The molecule has 0 bridgehead atoms. The van der Waals surface area contributed by atoms with Gasteiger partial charge in [-0.15, -0.1) is 0 Å². The Hall–Kier alpha value is -1.43. The Kier molecular flexibility index (Phi) is 6.78. The first-order valence-corrected chi connectivity index (χ1v) is 8.84. The van der Waals surface area contributed by atoms with Crippen molar-refractivity contribution in [2.45, 2.75) is 39.8 Å². The fourth-order valence-electron chi connectivity index (χ4n) is 3.11. The number of carbonyl (C=O) groups excluding carboxylic acids is 1. The number of aryl methyl sites for hydroxylation is 2. The van der Waals surface area contributed by atoms with Crippen molar-refractivity contribution in [2.75, 3.05) is 39.3 Å². The van der Waals surface area contributed by atoms with E-state index in [1.54, 1.807) is 0 Å². The molecule has 2 atom stereocenters. The van der Waals surface area contributed by atoms with Crippen LogP contribution in [0.5, 0.6) is 0 Å². The summed E-state index contributed by atoms with van der Waals surface area (Å²) in [5, 5.41) is 12.5. The van der Waals surface area contributed by atoms with E-state index in [9.17, 15) is 9.90 Å². The normalized spacial score (nSPS) is 19.0. The van der Waals surface area contributed by atoms with Gasteiger partial charge in [0, 0.05) is 32.7 Å². The monoisotopic (exact) mass is 333 g/mol. The van der Waals surface area contributed by atoms with Crippen molar-refractivity contribution in [2.24, 2.45) is 0 Å². The molecule has 2 unspecified atom stereocenters. The van der Waals surface area contributed by atoms with Crippen LogP contribution in [0.25, 0.3) is 0 Å². The molecule has 5 nitrogen and oxygen atoms in total. The summed E-state index contributed by atoms with van der Waals surface area (Å²) >= 11 is 0. The number of β-amino-alcohol motifs (C(OH)–C–C–N with tert-alkyl or cyclic N) is 1. The molecule has 2 rings (SSSR count). The predicted octanol–water partition coefficient (Wildman–Crippen LogP) is 1.48. The van der Waals surface area contributed by atoms with Crippen LogP contribution in [0.3, 0.4) is 0 Å². The molecule has 1 aromatic carbocycles. The summed E-state index contributed by atoms with van der Waals surface area (Å²) in [5.41, 5.74) is 3.67. The lowest BCUT2D eigenvalue weighted by Gasteiger charge is -2.35. The maximum absolute atomic E-state index is 12.3. The molecule has 1 amide bonds. The van der Waals surface area contributed by atoms with Gasteiger partial charge in [-0.05, 0) is 44.4 Å². The Morgan fingerprint density at radius 2 is 1.75 bits per heavy atom. The van der Waals surface area contributed by atoms with Crippen molar-refractivity contribution in [3.63, 3.8) is 0 Å². The maximum Gasteiger partial charge on any atom is 0.234 e. The highest BCUT2D eigenvalue weighted by Crippen LogP contribution is 2.16. The molecule has 1 fully saturated rings. The van der Waals surface area contributed by atoms with E-state index in [-0.39, 0.29) is 18.1 Å². The fourth-order valence-corrected chi connectivity index (χ4v) is 3.11. The van der Waals surface area contributed by atoms with Gasteiger partial charge in [0.05, 0.1) is 18.7 Å². The first-order chi connectivity index (χ1) is 11.3. The van der Waals surface area contributed by atoms with Crippen LogP contribution in [0, 0.1) is 13.8 Å². The Balaban J connectivity index is 1.78. The Morgan fingerprint density at radius 1 is 1.12 bits per heavy atom. The van der Waals surface area contributed by atoms with E-state index >= 15 is 0 Å². The number of benzene rings is 1. The second-order valence-corrected chi connectivity index (χ2v) is 7.06. The average molecular weight is 333 g/mol. The zero-order valence-corrected chi connectivity index (χ0v) is 15.4. The first-order valence-electron chi connectivity index (χ1n) is 8.84. The molecule has 1 aromatic rings. The number of nitrogens with zero attached hydrogens (tertiary/aromatic N) is 2. The molecule has 0 aliphatic carbocycles. The number of rotatable bonds is 6. The van der Waals surface area contributed by atoms with Gasteiger partial charge in [-0.25, -0.2) is 0 Å². The highest BCUT2D eigenvalue weighted by atomic mass is 16.3. The molecule has 24 heavy (non-hydrogen) atoms. The number of hydrogen-bond donors (Lipinski definition) is 2. The van der Waals surface area contributed by atoms with E-state index in [0.29, 0.717) is 13.1 Å². The molecule has 1 heterocycles. The third kappa shape index (κ3) is 5.58. The summed E-state index contributed by atoms with van der Waals surface area (Å²) < 4.78 is 0. The van der Waals surface area contributed by atoms with E-state index in [1.165, 1.54) is 11.1 Å². The van der Waals surface area contributed by atoms with Crippen LogP contribution in [-0.2, 0) is 4.79 Å². The molecule has 1 aliphatic rings. The summed E-state index contributed by atoms with van der Waals surface area (Å²) in [6.07, 6.45) is -0.293. The molecule has 134 valence electrons. The van der Waals surface area contributed by atoms with E-state index in [2.05, 4.69) is 47.2 Å². The topological polar surface area (TPSA) is 55.8 Å². The first kappa shape index (κ1) is 18.9. The minimum Gasteiger partial charge on any atom is -0.392 e. The highest BCUT2D eigenvalue weighted by Gasteiger charge is 2.20. The SMILES string of the molecule is Cc1ccc(C(C)NC(=O)CN2CCN(CC(C)O)CC2)cc1C. The van der Waals surface area contributed by atoms with Crippen molar-refractivity contribution in [3.05, 3.63) is 34.9 Å². The second kappa shape index (κ2) is 8.60. The fraction of sp³-hybridized carbons (Fsp3) is 0.632. The molecule has 1 aliphatic heterocycles. The molecule has 0 saturated carbocycles. The zero-order valence-electron chi connectivity index (χ0n) is 15.4. The lowest BCUT2D eigenvalue weighted by atomic mass is 10.0. The van der Waals surface area contributed by atoms with Crippen molar-refractivity contribution in [3.8, 4) is 0 Å². The van der Waals surface area contributed by atoms with Gasteiger partial charge < -0.3 is 10.4 Å². The molecular weight excluding hydrogens is 302 g/mol. The van der Waals surface area contributed by atoms with Crippen LogP contribution in [-0.4, -0.2) is 66.2 Å². The van der Waals surface area contributed by atoms with Crippen molar-refractivity contribution < 1.29 is 9.90 Å². The number of aliphatic hydroxyl groups is 1. The number of hydrogen-bond acceptors (Lipinski definition) is 4. The number of carbonyl (C=O) groups is 1. The molecule has 0 aromatic heterocycles. The van der Waals surface area contributed by atoms with Gasteiger partial charge in [-0.1, -0.05) is 18.2 Å². The van der Waals surface area contributed by atoms with Gasteiger partial charge in [0.2, 0.25) is 5.91 Å².